The quantitative estimate of drug-likeness (QED) is 0.570. The van der Waals surface area contributed by atoms with Gasteiger partial charge < -0.3 is 25.2 Å². The number of hydrogen-bond acceptors (Lipinski definition) is 6. The van der Waals surface area contributed by atoms with E-state index in [1.165, 1.54) is 5.56 Å². The molecule has 0 aromatic heterocycles. The van der Waals surface area contributed by atoms with Crippen LogP contribution in [0.3, 0.4) is 0 Å². The summed E-state index contributed by atoms with van der Waals surface area (Å²) < 4.78 is 5.33. The molecule has 2 fully saturated rings. The second-order valence-corrected chi connectivity index (χ2v) is 9.89. The van der Waals surface area contributed by atoms with Gasteiger partial charge in [-0.1, -0.05) is 32.0 Å². The van der Waals surface area contributed by atoms with Gasteiger partial charge in [0.05, 0.1) is 20.1 Å². The number of hydrogen-bond donors (Lipinski definition) is 2. The van der Waals surface area contributed by atoms with E-state index < -0.39 is 6.04 Å². The zero-order valence-corrected chi connectivity index (χ0v) is 21.9. The van der Waals surface area contributed by atoms with Crippen molar-refractivity contribution in [3.05, 3.63) is 54.1 Å². The molecule has 0 bridgehead atoms. The number of piperazine rings is 2. The summed E-state index contributed by atoms with van der Waals surface area (Å²) in [6.07, 6.45) is -0.0763. The van der Waals surface area contributed by atoms with Gasteiger partial charge in [-0.15, -0.1) is 0 Å². The lowest BCUT2D eigenvalue weighted by atomic mass is 10.0. The third-order valence-electron chi connectivity index (χ3n) is 7.04. The highest BCUT2D eigenvalue weighted by atomic mass is 16.5. The van der Waals surface area contributed by atoms with Gasteiger partial charge in [-0.05, 0) is 35.7 Å². The van der Waals surface area contributed by atoms with Gasteiger partial charge in [0, 0.05) is 56.7 Å². The van der Waals surface area contributed by atoms with Gasteiger partial charge in [-0.25, -0.2) is 0 Å². The normalized spacial score (nSPS) is 18.5. The molecule has 2 aliphatic rings. The monoisotopic (exact) mass is 507 g/mol. The molecule has 198 valence electrons. The van der Waals surface area contributed by atoms with Crippen LogP contribution < -0.4 is 20.3 Å². The Morgan fingerprint density at radius 2 is 1.78 bits per heavy atom. The average Bonchev–Trinajstić information content (AvgIpc) is 2.90. The number of amides is 3. The molecule has 2 heterocycles. The van der Waals surface area contributed by atoms with Crippen LogP contribution in [0, 0.1) is 0 Å². The molecule has 2 aromatic rings. The molecule has 2 aromatic carbocycles. The first-order valence-corrected chi connectivity index (χ1v) is 12.9. The minimum absolute atomic E-state index is 0.0763. The molecule has 9 nitrogen and oxygen atoms in total. The van der Waals surface area contributed by atoms with Crippen LogP contribution in [0.4, 0.5) is 11.4 Å². The Balaban J connectivity index is 1.31. The number of ether oxygens (including phenoxy) is 1. The zero-order valence-electron chi connectivity index (χ0n) is 21.9. The van der Waals surface area contributed by atoms with E-state index in [2.05, 4.69) is 40.3 Å². The highest BCUT2D eigenvalue weighted by Crippen LogP contribution is 2.22. The van der Waals surface area contributed by atoms with E-state index in [9.17, 15) is 14.4 Å². The lowest BCUT2D eigenvalue weighted by Gasteiger charge is -2.39. The van der Waals surface area contributed by atoms with E-state index >= 15 is 0 Å². The molecular weight excluding hydrogens is 470 g/mol. The number of anilines is 2. The number of nitrogens with zero attached hydrogens (tertiary/aromatic N) is 3. The van der Waals surface area contributed by atoms with Crippen molar-refractivity contribution in [3.8, 4) is 5.75 Å². The first kappa shape index (κ1) is 26.5. The second-order valence-electron chi connectivity index (χ2n) is 9.89. The number of methoxy groups -OCH3 is 1. The van der Waals surface area contributed by atoms with Crippen LogP contribution in [0.1, 0.15) is 31.7 Å². The summed E-state index contributed by atoms with van der Waals surface area (Å²) in [4.78, 5) is 44.6. The highest BCUT2D eigenvalue weighted by Gasteiger charge is 2.35. The number of rotatable bonds is 8. The second kappa shape index (κ2) is 12.1. The Kier molecular flexibility index (Phi) is 8.66. The predicted molar refractivity (Wildman–Crippen MR) is 144 cm³/mol. The Hall–Kier alpha value is -3.59. The maximum atomic E-state index is 13.2. The number of benzene rings is 2. The summed E-state index contributed by atoms with van der Waals surface area (Å²) in [6, 6.07) is 14.9. The van der Waals surface area contributed by atoms with E-state index in [0.29, 0.717) is 24.7 Å². The molecule has 0 spiro atoms. The Labute approximate surface area is 218 Å². The van der Waals surface area contributed by atoms with Gasteiger partial charge in [0.25, 0.3) is 0 Å². The molecule has 0 radical (unpaired) electrons. The predicted octanol–water partition coefficient (Wildman–Crippen LogP) is 2.30. The molecule has 2 aliphatic heterocycles. The lowest BCUT2D eigenvalue weighted by Crippen LogP contribution is -2.60. The van der Waals surface area contributed by atoms with Crippen LogP contribution >= 0.6 is 0 Å². The van der Waals surface area contributed by atoms with Gasteiger partial charge in [0.15, 0.2) is 0 Å². The van der Waals surface area contributed by atoms with Gasteiger partial charge in [0.2, 0.25) is 17.7 Å². The van der Waals surface area contributed by atoms with E-state index in [-0.39, 0.29) is 30.7 Å². The summed E-state index contributed by atoms with van der Waals surface area (Å²) >= 11 is 0. The van der Waals surface area contributed by atoms with E-state index in [1.54, 1.807) is 12.0 Å². The third kappa shape index (κ3) is 6.80. The van der Waals surface area contributed by atoms with E-state index in [0.717, 1.165) is 37.6 Å². The number of nitrogens with one attached hydrogen (secondary N) is 2. The summed E-state index contributed by atoms with van der Waals surface area (Å²) in [6.45, 7) is 8.31. The van der Waals surface area contributed by atoms with Crippen molar-refractivity contribution in [1.29, 1.82) is 0 Å². The minimum Gasteiger partial charge on any atom is -0.497 e. The minimum atomic E-state index is -0.811. The van der Waals surface area contributed by atoms with Crippen molar-refractivity contribution in [2.75, 3.05) is 63.1 Å². The average molecular weight is 508 g/mol. The van der Waals surface area contributed by atoms with Gasteiger partial charge >= 0.3 is 0 Å². The summed E-state index contributed by atoms with van der Waals surface area (Å²) in [7, 11) is 1.66. The molecule has 4 rings (SSSR count). The van der Waals surface area contributed by atoms with Crippen LogP contribution in [0.25, 0.3) is 0 Å². The number of carbonyl (C=O) groups excluding carboxylic acids is 3. The Morgan fingerprint density at radius 1 is 1.05 bits per heavy atom. The van der Waals surface area contributed by atoms with E-state index in [4.69, 9.17) is 4.74 Å². The zero-order chi connectivity index (χ0) is 26.4. The van der Waals surface area contributed by atoms with Crippen LogP contribution in [-0.2, 0) is 14.4 Å². The van der Waals surface area contributed by atoms with Crippen molar-refractivity contribution >= 4 is 29.1 Å². The molecule has 2 N–H and O–H groups in total. The van der Waals surface area contributed by atoms with E-state index in [1.807, 2.05) is 42.5 Å². The molecule has 37 heavy (non-hydrogen) atoms. The summed E-state index contributed by atoms with van der Waals surface area (Å²) in [5, 5.41) is 5.66. The molecule has 9 heteroatoms. The third-order valence-corrected chi connectivity index (χ3v) is 7.04. The first-order chi connectivity index (χ1) is 17.8. The largest absolute Gasteiger partial charge is 0.497 e. The van der Waals surface area contributed by atoms with Crippen molar-refractivity contribution in [3.63, 3.8) is 0 Å². The maximum Gasteiger partial charge on any atom is 0.243 e. The first-order valence-electron chi connectivity index (χ1n) is 12.9. The highest BCUT2D eigenvalue weighted by molar-refractivity contribution is 5.97. The number of carbonyl (C=O) groups is 3. The Bertz CT molecular complexity index is 1100. The van der Waals surface area contributed by atoms with Gasteiger partial charge in [0.1, 0.15) is 11.8 Å². The van der Waals surface area contributed by atoms with Crippen LogP contribution in [0.5, 0.6) is 5.75 Å². The van der Waals surface area contributed by atoms with Crippen LogP contribution in [-0.4, -0.2) is 86.5 Å². The fourth-order valence-corrected chi connectivity index (χ4v) is 4.81. The SMILES string of the molecule is COc1cccc(N2CCN(CC(=O)N3CCNC(=O)C3CC(=O)Nc3ccc(C(C)C)cc3)CC2)c1. The fourth-order valence-electron chi connectivity index (χ4n) is 4.81. The molecule has 0 aliphatic carbocycles. The van der Waals surface area contributed by atoms with Crippen molar-refractivity contribution in [1.82, 2.24) is 15.1 Å². The molecule has 2 saturated heterocycles. The topological polar surface area (TPSA) is 94.2 Å². The summed E-state index contributed by atoms with van der Waals surface area (Å²) in [5.41, 5.74) is 2.96. The van der Waals surface area contributed by atoms with Gasteiger partial charge in [-0.3, -0.25) is 19.3 Å². The van der Waals surface area contributed by atoms with Crippen molar-refractivity contribution < 1.29 is 19.1 Å². The summed E-state index contributed by atoms with van der Waals surface area (Å²) in [5.74, 6) is 0.529. The van der Waals surface area contributed by atoms with Crippen molar-refractivity contribution in [2.24, 2.45) is 0 Å². The molecule has 1 unspecified atom stereocenters. The Morgan fingerprint density at radius 3 is 2.46 bits per heavy atom. The van der Waals surface area contributed by atoms with Crippen molar-refractivity contribution in [2.45, 2.75) is 32.2 Å². The van der Waals surface area contributed by atoms with Crippen LogP contribution in [0.2, 0.25) is 0 Å². The smallest absolute Gasteiger partial charge is 0.243 e. The van der Waals surface area contributed by atoms with Crippen LogP contribution in [0.15, 0.2) is 48.5 Å². The standard InChI is InChI=1S/C28H37N5O4/c1-20(2)21-7-9-22(10-8-21)30-26(34)18-25-28(36)29-11-12-33(25)27(35)19-31-13-15-32(16-14-31)23-5-4-6-24(17-23)37-3/h4-10,17,20,25H,11-16,18-19H2,1-3H3,(H,29,36)(H,30,34). The fraction of sp³-hybridized carbons (Fsp3) is 0.464. The molecular formula is C28H37N5O4. The van der Waals surface area contributed by atoms with Gasteiger partial charge in [-0.2, -0.15) is 0 Å². The molecule has 3 amide bonds. The molecule has 1 atom stereocenters. The molecule has 0 saturated carbocycles. The lowest BCUT2D eigenvalue weighted by molar-refractivity contribution is -0.145. The maximum absolute atomic E-state index is 13.2.